The van der Waals surface area contributed by atoms with Gasteiger partial charge in [-0.3, -0.25) is 0 Å². The molecule has 1 aromatic heterocycles. The topological polar surface area (TPSA) is 68.5 Å². The number of carbonyl (C=O) groups is 1. The molecule has 6 heteroatoms. The number of methoxy groups -OCH3 is 1. The number of nitrogens with two attached hydrogens (primary N) is 1. The third-order valence-electron chi connectivity index (χ3n) is 2.85. The van der Waals surface area contributed by atoms with Crippen LogP contribution in [0.4, 0.5) is 5.82 Å². The number of aromatic nitrogens is 1. The van der Waals surface area contributed by atoms with Crippen molar-refractivity contribution in [2.45, 2.75) is 13.8 Å². The van der Waals surface area contributed by atoms with Gasteiger partial charge in [-0.1, -0.05) is 19.1 Å². The second-order valence-electron chi connectivity index (χ2n) is 4.24. The van der Waals surface area contributed by atoms with Crippen molar-refractivity contribution in [3.63, 3.8) is 0 Å². The third kappa shape index (κ3) is 4.17. The van der Waals surface area contributed by atoms with E-state index in [-0.39, 0.29) is 11.9 Å². The molecule has 104 valence electrons. The maximum atomic E-state index is 11.5. The molecule has 1 atom stereocenters. The van der Waals surface area contributed by atoms with Crippen molar-refractivity contribution >= 4 is 29.0 Å². The summed E-state index contributed by atoms with van der Waals surface area (Å²) in [5.74, 6) is 0.425. The highest BCUT2D eigenvalue weighted by molar-refractivity contribution is 7.80. The highest BCUT2D eigenvalue weighted by Gasteiger charge is 2.14. The van der Waals surface area contributed by atoms with E-state index < -0.39 is 0 Å². The highest BCUT2D eigenvalue weighted by atomic mass is 32.1. The number of rotatable bonds is 6. The second-order valence-corrected chi connectivity index (χ2v) is 4.71. The quantitative estimate of drug-likeness (QED) is 0.631. The summed E-state index contributed by atoms with van der Waals surface area (Å²) >= 11 is 4.98. The Kier molecular flexibility index (Phi) is 5.69. The van der Waals surface area contributed by atoms with E-state index >= 15 is 0 Å². The first-order valence-corrected chi connectivity index (χ1v) is 6.49. The van der Waals surface area contributed by atoms with E-state index in [4.69, 9.17) is 22.7 Å². The van der Waals surface area contributed by atoms with Crippen molar-refractivity contribution in [3.05, 3.63) is 23.9 Å². The fraction of sp³-hybridized carbons (Fsp3) is 0.462. The van der Waals surface area contributed by atoms with E-state index in [1.54, 1.807) is 18.3 Å². The molecule has 0 aliphatic carbocycles. The molecule has 0 saturated heterocycles. The van der Waals surface area contributed by atoms with E-state index in [1.807, 2.05) is 18.7 Å². The van der Waals surface area contributed by atoms with Crippen LogP contribution in [-0.2, 0) is 4.74 Å². The zero-order valence-corrected chi connectivity index (χ0v) is 12.2. The van der Waals surface area contributed by atoms with E-state index in [9.17, 15) is 4.79 Å². The monoisotopic (exact) mass is 281 g/mol. The van der Waals surface area contributed by atoms with Crippen LogP contribution in [0.3, 0.4) is 0 Å². The molecule has 1 rings (SSSR count). The maximum absolute atomic E-state index is 11.5. The van der Waals surface area contributed by atoms with Crippen molar-refractivity contribution in [1.29, 1.82) is 0 Å². The normalized spacial score (nSPS) is 11.7. The molecule has 5 nitrogen and oxygen atoms in total. The van der Waals surface area contributed by atoms with Crippen molar-refractivity contribution in [1.82, 2.24) is 4.98 Å². The molecule has 0 bridgehead atoms. The van der Waals surface area contributed by atoms with Crippen LogP contribution in [0.15, 0.2) is 18.3 Å². The van der Waals surface area contributed by atoms with Gasteiger partial charge in [-0.25, -0.2) is 9.78 Å². The van der Waals surface area contributed by atoms with Gasteiger partial charge in [-0.05, 0) is 19.1 Å². The standard InChI is InChI=1S/C13H19N3O2S/c1-4-16(8-9(2)12(14)19)11-7-10(5-6-15-11)13(17)18-3/h5-7,9H,4,8H2,1-3H3,(H2,14,19). The molecule has 1 heterocycles. The minimum absolute atomic E-state index is 0.0820. The largest absolute Gasteiger partial charge is 0.465 e. The number of nitrogens with zero attached hydrogens (tertiary/aromatic N) is 2. The Morgan fingerprint density at radius 3 is 2.84 bits per heavy atom. The first-order chi connectivity index (χ1) is 8.99. The second kappa shape index (κ2) is 7.04. The zero-order valence-electron chi connectivity index (χ0n) is 11.4. The predicted molar refractivity (Wildman–Crippen MR) is 79.4 cm³/mol. The van der Waals surface area contributed by atoms with E-state index in [0.29, 0.717) is 22.9 Å². The van der Waals surface area contributed by atoms with Gasteiger partial charge in [0.1, 0.15) is 5.82 Å². The lowest BCUT2D eigenvalue weighted by atomic mass is 10.1. The molecule has 0 spiro atoms. The van der Waals surface area contributed by atoms with Crippen molar-refractivity contribution in [2.24, 2.45) is 11.7 Å². The lowest BCUT2D eigenvalue weighted by molar-refractivity contribution is 0.0600. The maximum Gasteiger partial charge on any atom is 0.338 e. The number of pyridine rings is 1. The van der Waals surface area contributed by atoms with Crippen LogP contribution in [0.5, 0.6) is 0 Å². The van der Waals surface area contributed by atoms with Crippen molar-refractivity contribution in [2.75, 3.05) is 25.1 Å². The van der Waals surface area contributed by atoms with Crippen LogP contribution in [0, 0.1) is 5.92 Å². The summed E-state index contributed by atoms with van der Waals surface area (Å²) in [5.41, 5.74) is 6.11. The molecular weight excluding hydrogens is 262 g/mol. The van der Waals surface area contributed by atoms with E-state index in [1.165, 1.54) is 7.11 Å². The predicted octanol–water partition coefficient (Wildman–Crippen LogP) is 1.62. The van der Waals surface area contributed by atoms with Gasteiger partial charge < -0.3 is 15.4 Å². The summed E-state index contributed by atoms with van der Waals surface area (Å²) in [7, 11) is 1.36. The van der Waals surface area contributed by atoms with Gasteiger partial charge in [0.25, 0.3) is 0 Å². The molecule has 0 fully saturated rings. The molecule has 1 aromatic rings. The van der Waals surface area contributed by atoms with Crippen LogP contribution in [-0.4, -0.2) is 36.1 Å². The molecule has 0 aliphatic heterocycles. The summed E-state index contributed by atoms with van der Waals surface area (Å²) < 4.78 is 4.70. The van der Waals surface area contributed by atoms with Crippen LogP contribution >= 0.6 is 12.2 Å². The highest BCUT2D eigenvalue weighted by Crippen LogP contribution is 2.15. The summed E-state index contributed by atoms with van der Waals surface area (Å²) in [6, 6.07) is 3.34. The summed E-state index contributed by atoms with van der Waals surface area (Å²) in [6.07, 6.45) is 1.59. The fourth-order valence-electron chi connectivity index (χ4n) is 1.64. The lowest BCUT2D eigenvalue weighted by Gasteiger charge is -2.25. The van der Waals surface area contributed by atoms with E-state index in [2.05, 4.69) is 4.98 Å². The molecule has 0 aliphatic rings. The number of anilines is 1. The number of hydrogen-bond donors (Lipinski definition) is 1. The summed E-state index contributed by atoms with van der Waals surface area (Å²) in [5, 5.41) is 0. The van der Waals surface area contributed by atoms with Gasteiger partial charge in [0.15, 0.2) is 0 Å². The molecule has 2 N–H and O–H groups in total. The number of carbonyl (C=O) groups excluding carboxylic acids is 1. The Morgan fingerprint density at radius 2 is 2.32 bits per heavy atom. The molecule has 1 unspecified atom stereocenters. The van der Waals surface area contributed by atoms with Crippen LogP contribution in [0.1, 0.15) is 24.2 Å². The molecule has 0 aromatic carbocycles. The zero-order chi connectivity index (χ0) is 14.4. The van der Waals surface area contributed by atoms with E-state index in [0.717, 1.165) is 6.54 Å². The SMILES string of the molecule is CCN(CC(C)C(N)=S)c1cc(C(=O)OC)ccn1. The minimum atomic E-state index is -0.373. The number of esters is 1. The molecule has 19 heavy (non-hydrogen) atoms. The molecule has 0 amide bonds. The number of ether oxygens (including phenoxy) is 1. The van der Waals surface area contributed by atoms with Gasteiger partial charge >= 0.3 is 5.97 Å². The lowest BCUT2D eigenvalue weighted by Crippen LogP contribution is -2.34. The Labute approximate surface area is 118 Å². The fourth-order valence-corrected chi connectivity index (χ4v) is 1.72. The number of thiocarbonyl (C=S) groups is 1. The van der Waals surface area contributed by atoms with Crippen LogP contribution < -0.4 is 10.6 Å². The van der Waals surface area contributed by atoms with Gasteiger partial charge in [-0.2, -0.15) is 0 Å². The summed E-state index contributed by atoms with van der Waals surface area (Å²) in [6.45, 7) is 5.40. The number of hydrogen-bond acceptors (Lipinski definition) is 5. The summed E-state index contributed by atoms with van der Waals surface area (Å²) in [4.78, 5) is 18.3. The Balaban J connectivity index is 2.92. The molecule has 0 saturated carbocycles. The average Bonchev–Trinajstić information content (AvgIpc) is 2.43. The smallest absolute Gasteiger partial charge is 0.338 e. The molecular formula is C13H19N3O2S. The van der Waals surface area contributed by atoms with Crippen molar-refractivity contribution < 1.29 is 9.53 Å². The van der Waals surface area contributed by atoms with Gasteiger partial charge in [0.05, 0.1) is 17.7 Å². The third-order valence-corrected chi connectivity index (χ3v) is 3.25. The van der Waals surface area contributed by atoms with Crippen LogP contribution in [0.25, 0.3) is 0 Å². The Bertz CT molecular complexity index is 465. The Morgan fingerprint density at radius 1 is 1.63 bits per heavy atom. The minimum Gasteiger partial charge on any atom is -0.465 e. The van der Waals surface area contributed by atoms with Gasteiger partial charge in [0.2, 0.25) is 0 Å². The van der Waals surface area contributed by atoms with Gasteiger partial charge in [0, 0.05) is 25.2 Å². The van der Waals surface area contributed by atoms with Crippen molar-refractivity contribution in [3.8, 4) is 0 Å². The first kappa shape index (κ1) is 15.4. The average molecular weight is 281 g/mol. The van der Waals surface area contributed by atoms with Crippen LogP contribution in [0.2, 0.25) is 0 Å². The van der Waals surface area contributed by atoms with Gasteiger partial charge in [-0.15, -0.1) is 0 Å². The first-order valence-electron chi connectivity index (χ1n) is 6.08. The molecule has 0 radical (unpaired) electrons. The Hall–Kier alpha value is -1.69.